The van der Waals surface area contributed by atoms with Crippen LogP contribution in [0.3, 0.4) is 0 Å². The number of carbonyl (C=O) groups excluding carboxylic acids is 1. The zero-order valence-electron chi connectivity index (χ0n) is 10.8. The number of anilines is 1. The predicted molar refractivity (Wildman–Crippen MR) is 78.1 cm³/mol. The molecule has 1 heterocycles. The number of nitrogens with zero attached hydrogens (tertiary/aromatic N) is 1. The molecule has 0 atom stereocenters. The molecule has 4 N–H and O–H groups in total. The predicted octanol–water partition coefficient (Wildman–Crippen LogP) is 2.08. The van der Waals surface area contributed by atoms with Crippen LogP contribution >= 0.6 is 0 Å². The van der Waals surface area contributed by atoms with Crippen molar-refractivity contribution < 1.29 is 4.79 Å². The summed E-state index contributed by atoms with van der Waals surface area (Å²) in [4.78, 5) is 19.3. The molecule has 0 radical (unpaired) electrons. The molecular weight excluding hydrogens is 252 g/mol. The highest BCUT2D eigenvalue weighted by molar-refractivity contribution is 5.94. The lowest BCUT2D eigenvalue weighted by Gasteiger charge is -2.04. The summed E-state index contributed by atoms with van der Waals surface area (Å²) < 4.78 is 0. The number of amides is 1. The van der Waals surface area contributed by atoms with Gasteiger partial charge in [-0.15, -0.1) is 0 Å². The summed E-state index contributed by atoms with van der Waals surface area (Å²) in [6, 6.07) is 14.9. The number of hydrogen-bond acceptors (Lipinski definition) is 3. The van der Waals surface area contributed by atoms with E-state index in [4.69, 9.17) is 5.73 Å². The topological polar surface area (TPSA) is 83.8 Å². The Hall–Kier alpha value is -2.82. The summed E-state index contributed by atoms with van der Waals surface area (Å²) in [5, 5.41) is 2.82. The summed E-state index contributed by atoms with van der Waals surface area (Å²) in [7, 11) is 0. The van der Waals surface area contributed by atoms with E-state index in [1.165, 1.54) is 0 Å². The first-order valence-corrected chi connectivity index (χ1v) is 6.30. The summed E-state index contributed by atoms with van der Waals surface area (Å²) in [6.45, 7) is 0.418. The second-order valence-electron chi connectivity index (χ2n) is 4.53. The summed E-state index contributed by atoms with van der Waals surface area (Å²) in [6.07, 6.45) is 0. The fourth-order valence-corrected chi connectivity index (χ4v) is 2.03. The van der Waals surface area contributed by atoms with Crippen molar-refractivity contribution in [3.8, 4) is 0 Å². The quantitative estimate of drug-likeness (QED) is 0.634. The van der Waals surface area contributed by atoms with Crippen LogP contribution in [0.2, 0.25) is 0 Å². The highest BCUT2D eigenvalue weighted by Gasteiger charge is 2.10. The van der Waals surface area contributed by atoms with Crippen molar-refractivity contribution >= 4 is 22.6 Å². The standard InChI is InChI=1S/C15H14N4O/c16-11-5-3-4-10(8-11)9-17-15(20)14-18-12-6-1-2-7-13(12)19-14/h1-8H,9,16H2,(H,17,20)(H,18,19). The van der Waals surface area contributed by atoms with Crippen LogP contribution in [-0.4, -0.2) is 15.9 Å². The molecule has 5 nitrogen and oxygen atoms in total. The van der Waals surface area contributed by atoms with E-state index < -0.39 is 0 Å². The molecule has 1 aromatic heterocycles. The highest BCUT2D eigenvalue weighted by Crippen LogP contribution is 2.10. The number of carbonyl (C=O) groups is 1. The van der Waals surface area contributed by atoms with Gasteiger partial charge in [0.2, 0.25) is 0 Å². The first kappa shape index (κ1) is 12.2. The maximum absolute atomic E-state index is 12.0. The number of rotatable bonds is 3. The monoisotopic (exact) mass is 266 g/mol. The van der Waals surface area contributed by atoms with Gasteiger partial charge in [0.15, 0.2) is 5.82 Å². The Balaban J connectivity index is 1.73. The number of nitrogens with two attached hydrogens (primary N) is 1. The Bertz CT molecular complexity index is 730. The number of aromatic nitrogens is 2. The van der Waals surface area contributed by atoms with Gasteiger partial charge < -0.3 is 16.0 Å². The van der Waals surface area contributed by atoms with Crippen molar-refractivity contribution in [2.24, 2.45) is 0 Å². The van der Waals surface area contributed by atoms with E-state index in [-0.39, 0.29) is 5.91 Å². The van der Waals surface area contributed by atoms with Crippen LogP contribution in [0.5, 0.6) is 0 Å². The summed E-state index contributed by atoms with van der Waals surface area (Å²) in [5.74, 6) is 0.0822. The second kappa shape index (κ2) is 5.05. The van der Waals surface area contributed by atoms with E-state index in [0.29, 0.717) is 18.1 Å². The smallest absolute Gasteiger partial charge is 0.287 e. The average molecular weight is 266 g/mol. The van der Waals surface area contributed by atoms with Crippen molar-refractivity contribution in [3.05, 3.63) is 59.9 Å². The molecule has 0 aliphatic carbocycles. The van der Waals surface area contributed by atoms with Gasteiger partial charge in [-0.25, -0.2) is 4.98 Å². The van der Waals surface area contributed by atoms with Crippen LogP contribution in [-0.2, 0) is 6.54 Å². The molecule has 3 aromatic rings. The lowest BCUT2D eigenvalue weighted by atomic mass is 10.2. The molecule has 0 saturated carbocycles. The highest BCUT2D eigenvalue weighted by atomic mass is 16.2. The van der Waals surface area contributed by atoms with E-state index in [1.807, 2.05) is 48.5 Å². The molecular formula is C15H14N4O. The Morgan fingerprint density at radius 1 is 1.20 bits per heavy atom. The van der Waals surface area contributed by atoms with Crippen molar-refractivity contribution in [2.45, 2.75) is 6.54 Å². The number of para-hydroxylation sites is 2. The molecule has 100 valence electrons. The van der Waals surface area contributed by atoms with Crippen molar-refractivity contribution in [2.75, 3.05) is 5.73 Å². The van der Waals surface area contributed by atoms with E-state index in [9.17, 15) is 4.79 Å². The number of fused-ring (bicyclic) bond motifs is 1. The summed E-state index contributed by atoms with van der Waals surface area (Å²) >= 11 is 0. The zero-order valence-corrected chi connectivity index (χ0v) is 10.8. The first-order chi connectivity index (χ1) is 9.72. The molecule has 0 unspecified atom stereocenters. The Morgan fingerprint density at radius 2 is 2.05 bits per heavy atom. The van der Waals surface area contributed by atoms with E-state index in [2.05, 4.69) is 15.3 Å². The molecule has 0 aliphatic heterocycles. The molecule has 3 rings (SSSR count). The Kier molecular flexibility index (Phi) is 3.09. The molecule has 0 bridgehead atoms. The van der Waals surface area contributed by atoms with Gasteiger partial charge in [0.1, 0.15) is 0 Å². The van der Waals surface area contributed by atoms with Crippen LogP contribution in [0.15, 0.2) is 48.5 Å². The molecule has 5 heteroatoms. The third-order valence-electron chi connectivity index (χ3n) is 3.01. The molecule has 20 heavy (non-hydrogen) atoms. The minimum Gasteiger partial charge on any atom is -0.399 e. The van der Waals surface area contributed by atoms with Crippen molar-refractivity contribution in [3.63, 3.8) is 0 Å². The number of hydrogen-bond donors (Lipinski definition) is 3. The summed E-state index contributed by atoms with van der Waals surface area (Å²) in [5.41, 5.74) is 8.96. The number of aromatic amines is 1. The van der Waals surface area contributed by atoms with Gasteiger partial charge in [-0.3, -0.25) is 4.79 Å². The van der Waals surface area contributed by atoms with Crippen molar-refractivity contribution in [1.29, 1.82) is 0 Å². The van der Waals surface area contributed by atoms with Gasteiger partial charge in [-0.2, -0.15) is 0 Å². The third-order valence-corrected chi connectivity index (χ3v) is 3.01. The molecule has 0 fully saturated rings. The number of nitrogens with one attached hydrogen (secondary N) is 2. The maximum atomic E-state index is 12.0. The van der Waals surface area contributed by atoms with E-state index in [1.54, 1.807) is 0 Å². The second-order valence-corrected chi connectivity index (χ2v) is 4.53. The SMILES string of the molecule is Nc1cccc(CNC(=O)c2nc3ccccc3[nH]2)c1. The Morgan fingerprint density at radius 3 is 2.85 bits per heavy atom. The molecule has 1 amide bonds. The van der Waals surface area contributed by atoms with Gasteiger partial charge in [-0.1, -0.05) is 24.3 Å². The van der Waals surface area contributed by atoms with Crippen LogP contribution in [0.25, 0.3) is 11.0 Å². The lowest BCUT2D eigenvalue weighted by molar-refractivity contribution is 0.0942. The number of benzene rings is 2. The van der Waals surface area contributed by atoms with Crippen LogP contribution in [0, 0.1) is 0 Å². The van der Waals surface area contributed by atoms with Gasteiger partial charge in [0.05, 0.1) is 11.0 Å². The van der Waals surface area contributed by atoms with Gasteiger partial charge in [0, 0.05) is 12.2 Å². The number of H-pyrrole nitrogens is 1. The molecule has 0 spiro atoms. The number of nitrogen functional groups attached to an aromatic ring is 1. The van der Waals surface area contributed by atoms with Crippen LogP contribution < -0.4 is 11.1 Å². The fraction of sp³-hybridized carbons (Fsp3) is 0.0667. The van der Waals surface area contributed by atoms with Gasteiger partial charge >= 0.3 is 0 Å². The maximum Gasteiger partial charge on any atom is 0.287 e. The van der Waals surface area contributed by atoms with Crippen LogP contribution in [0.1, 0.15) is 16.2 Å². The largest absolute Gasteiger partial charge is 0.399 e. The minimum atomic E-state index is -0.233. The van der Waals surface area contributed by atoms with Crippen LogP contribution in [0.4, 0.5) is 5.69 Å². The van der Waals surface area contributed by atoms with Crippen molar-refractivity contribution in [1.82, 2.24) is 15.3 Å². The molecule has 0 saturated heterocycles. The van der Waals surface area contributed by atoms with Gasteiger partial charge in [-0.05, 0) is 29.8 Å². The molecule has 0 aliphatic rings. The zero-order chi connectivity index (χ0) is 13.9. The Labute approximate surface area is 115 Å². The fourth-order valence-electron chi connectivity index (χ4n) is 2.03. The third kappa shape index (κ3) is 2.47. The first-order valence-electron chi connectivity index (χ1n) is 6.30. The van der Waals surface area contributed by atoms with E-state index in [0.717, 1.165) is 16.6 Å². The lowest BCUT2D eigenvalue weighted by Crippen LogP contribution is -2.23. The normalized spacial score (nSPS) is 10.6. The average Bonchev–Trinajstić information content (AvgIpc) is 2.89. The van der Waals surface area contributed by atoms with E-state index >= 15 is 0 Å². The molecule has 2 aromatic carbocycles. The number of imidazole rings is 1. The minimum absolute atomic E-state index is 0.233. The van der Waals surface area contributed by atoms with Gasteiger partial charge in [0.25, 0.3) is 5.91 Å².